The van der Waals surface area contributed by atoms with E-state index in [9.17, 15) is 9.59 Å². The van der Waals surface area contributed by atoms with Crippen molar-refractivity contribution in [2.45, 2.75) is 10.4 Å². The molecule has 0 bridgehead atoms. The van der Waals surface area contributed by atoms with E-state index in [0.29, 0.717) is 10.7 Å². The predicted molar refractivity (Wildman–Crippen MR) is 107 cm³/mol. The number of nitrogens with zero attached hydrogens (tertiary/aromatic N) is 1. The highest BCUT2D eigenvalue weighted by atomic mass is 32.2. The first-order valence-electron chi connectivity index (χ1n) is 8.30. The van der Waals surface area contributed by atoms with E-state index < -0.39 is 5.25 Å². The molecule has 0 saturated heterocycles. The Labute approximate surface area is 158 Å². The number of nitrogens with two attached hydrogens (primary N) is 1. The first kappa shape index (κ1) is 17.1. The molecule has 2 aromatic heterocycles. The van der Waals surface area contributed by atoms with E-state index in [2.05, 4.69) is 15.0 Å². The largest absolute Gasteiger partial charge is 0.383 e. The van der Waals surface area contributed by atoms with Crippen molar-refractivity contribution in [2.75, 3.05) is 5.73 Å². The van der Waals surface area contributed by atoms with Gasteiger partial charge in [-0.25, -0.2) is 4.98 Å². The topological polar surface area (TPSA) is 105 Å². The Bertz CT molecular complexity index is 1170. The van der Waals surface area contributed by atoms with Crippen LogP contribution in [-0.4, -0.2) is 20.7 Å². The van der Waals surface area contributed by atoms with E-state index in [1.165, 1.54) is 17.8 Å². The zero-order chi connectivity index (χ0) is 18.8. The number of H-pyrrole nitrogens is 2. The third kappa shape index (κ3) is 3.50. The number of aromatic nitrogens is 3. The van der Waals surface area contributed by atoms with Crippen molar-refractivity contribution in [3.05, 3.63) is 88.3 Å². The number of nitrogens with one attached hydrogen (secondary N) is 2. The van der Waals surface area contributed by atoms with Crippen LogP contribution in [0.2, 0.25) is 0 Å². The number of hydrogen-bond donors (Lipinski definition) is 3. The number of rotatable bonds is 5. The fraction of sp³-hybridized carbons (Fsp3) is 0.0500. The maximum absolute atomic E-state index is 13.4. The van der Waals surface area contributed by atoms with Crippen LogP contribution in [0.1, 0.15) is 21.2 Å². The molecule has 2 heterocycles. The Morgan fingerprint density at radius 3 is 2.59 bits per heavy atom. The standard InChI is InChI=1S/C20H16N4O2S/c21-16-10-17(25)24-20(23-16)27-19(12-6-2-1-3-7-12)18(26)14-11-22-15-9-5-4-8-13(14)15/h1-11,19,22H,(H3,21,23,24,25)/t19-/m1/s1. The number of ketones is 1. The Kier molecular flexibility index (Phi) is 4.52. The van der Waals surface area contributed by atoms with Crippen LogP contribution in [0.15, 0.2) is 76.8 Å². The average molecular weight is 376 g/mol. The molecule has 4 N–H and O–H groups in total. The number of benzene rings is 2. The SMILES string of the molecule is Nc1cc(=O)[nH]c(S[C@@H](C(=O)c2c[nH]c3ccccc23)c2ccccc2)n1. The molecule has 0 saturated carbocycles. The number of anilines is 1. The van der Waals surface area contributed by atoms with Crippen LogP contribution in [0.4, 0.5) is 5.82 Å². The van der Waals surface area contributed by atoms with Gasteiger partial charge in [0.15, 0.2) is 10.9 Å². The minimum absolute atomic E-state index is 0.0753. The minimum Gasteiger partial charge on any atom is -0.383 e. The van der Waals surface area contributed by atoms with Crippen molar-refractivity contribution in [1.29, 1.82) is 0 Å². The Balaban J connectivity index is 1.78. The van der Waals surface area contributed by atoms with Crippen LogP contribution < -0.4 is 11.3 Å². The normalized spacial score (nSPS) is 12.1. The molecule has 4 aromatic rings. The molecule has 0 aliphatic carbocycles. The van der Waals surface area contributed by atoms with Gasteiger partial charge in [0, 0.05) is 28.7 Å². The minimum atomic E-state index is -0.574. The van der Waals surface area contributed by atoms with Crippen molar-refractivity contribution in [3.8, 4) is 0 Å². The summed E-state index contributed by atoms with van der Waals surface area (Å²) in [5.74, 6) is 0.0429. The molecule has 2 aromatic carbocycles. The third-order valence-electron chi connectivity index (χ3n) is 4.16. The molecule has 0 aliphatic rings. The lowest BCUT2D eigenvalue weighted by molar-refractivity contribution is 0.0991. The molecule has 6 nitrogen and oxygen atoms in total. The van der Waals surface area contributed by atoms with E-state index >= 15 is 0 Å². The first-order valence-corrected chi connectivity index (χ1v) is 9.18. The Morgan fingerprint density at radius 2 is 1.81 bits per heavy atom. The number of fused-ring (bicyclic) bond motifs is 1. The summed E-state index contributed by atoms with van der Waals surface area (Å²) in [6.45, 7) is 0. The lowest BCUT2D eigenvalue weighted by Crippen LogP contribution is -2.13. The quantitative estimate of drug-likeness (QED) is 0.281. The number of carbonyl (C=O) groups is 1. The second-order valence-corrected chi connectivity index (χ2v) is 7.09. The van der Waals surface area contributed by atoms with Crippen molar-refractivity contribution in [1.82, 2.24) is 15.0 Å². The van der Waals surface area contributed by atoms with E-state index in [4.69, 9.17) is 5.73 Å². The van der Waals surface area contributed by atoms with Gasteiger partial charge in [-0.05, 0) is 11.6 Å². The highest BCUT2D eigenvalue weighted by Gasteiger charge is 2.26. The number of thioether (sulfide) groups is 1. The Morgan fingerprint density at radius 1 is 1.07 bits per heavy atom. The maximum atomic E-state index is 13.4. The fourth-order valence-electron chi connectivity index (χ4n) is 2.94. The van der Waals surface area contributed by atoms with E-state index in [1.54, 1.807) is 6.20 Å². The second kappa shape index (κ2) is 7.13. The van der Waals surface area contributed by atoms with Crippen LogP contribution in [0.5, 0.6) is 0 Å². The molecule has 134 valence electrons. The van der Waals surface area contributed by atoms with Crippen molar-refractivity contribution in [2.24, 2.45) is 0 Å². The number of aromatic amines is 2. The van der Waals surface area contributed by atoms with Gasteiger partial charge in [-0.1, -0.05) is 60.3 Å². The summed E-state index contributed by atoms with van der Waals surface area (Å²) in [5, 5.41) is 0.593. The van der Waals surface area contributed by atoms with Crippen LogP contribution >= 0.6 is 11.8 Å². The van der Waals surface area contributed by atoms with Crippen molar-refractivity contribution < 1.29 is 4.79 Å². The van der Waals surface area contributed by atoms with E-state index in [0.717, 1.165) is 16.5 Å². The summed E-state index contributed by atoms with van der Waals surface area (Å²) in [7, 11) is 0. The van der Waals surface area contributed by atoms with Gasteiger partial charge in [-0.3, -0.25) is 9.59 Å². The monoisotopic (exact) mass is 376 g/mol. The van der Waals surface area contributed by atoms with E-state index in [-0.39, 0.29) is 17.2 Å². The molecule has 0 fully saturated rings. The fourth-order valence-corrected chi connectivity index (χ4v) is 4.01. The highest BCUT2D eigenvalue weighted by Crippen LogP contribution is 2.37. The summed E-state index contributed by atoms with van der Waals surface area (Å²) in [4.78, 5) is 35.1. The summed E-state index contributed by atoms with van der Waals surface area (Å²) in [6, 6.07) is 18.3. The number of carbonyl (C=O) groups excluding carboxylic acids is 1. The highest BCUT2D eigenvalue weighted by molar-refractivity contribution is 8.00. The first-order chi connectivity index (χ1) is 13.1. The molecule has 1 atom stereocenters. The van der Waals surface area contributed by atoms with Crippen LogP contribution in [0, 0.1) is 0 Å². The number of nitrogen functional groups attached to an aromatic ring is 1. The van der Waals surface area contributed by atoms with Gasteiger partial charge >= 0.3 is 0 Å². The van der Waals surface area contributed by atoms with Gasteiger partial charge in [-0.2, -0.15) is 0 Å². The summed E-state index contributed by atoms with van der Waals surface area (Å²) < 4.78 is 0. The number of hydrogen-bond acceptors (Lipinski definition) is 5. The zero-order valence-electron chi connectivity index (χ0n) is 14.2. The van der Waals surface area contributed by atoms with Gasteiger partial charge in [0.2, 0.25) is 0 Å². The molecule has 0 aliphatic heterocycles. The Hall–Kier alpha value is -3.32. The van der Waals surface area contributed by atoms with Gasteiger partial charge in [0.25, 0.3) is 5.56 Å². The smallest absolute Gasteiger partial charge is 0.253 e. The number of Topliss-reactive ketones (excluding diaryl/α,β-unsaturated/α-hetero) is 1. The molecule has 0 amide bonds. The third-order valence-corrected chi connectivity index (χ3v) is 5.30. The number of para-hydroxylation sites is 1. The van der Waals surface area contributed by atoms with Crippen LogP contribution in [0.25, 0.3) is 10.9 Å². The molecular formula is C20H16N4O2S. The van der Waals surface area contributed by atoms with Gasteiger partial charge in [0.05, 0.1) is 0 Å². The summed E-state index contributed by atoms with van der Waals surface area (Å²) in [5.41, 5.74) is 7.65. The second-order valence-electron chi connectivity index (χ2n) is 6.00. The molecule has 7 heteroatoms. The predicted octanol–water partition coefficient (Wildman–Crippen LogP) is 3.55. The van der Waals surface area contributed by atoms with Crippen LogP contribution in [0.3, 0.4) is 0 Å². The van der Waals surface area contributed by atoms with Gasteiger partial charge < -0.3 is 15.7 Å². The molecule has 27 heavy (non-hydrogen) atoms. The summed E-state index contributed by atoms with van der Waals surface area (Å²) >= 11 is 1.17. The van der Waals surface area contributed by atoms with Gasteiger partial charge in [-0.15, -0.1) is 0 Å². The van der Waals surface area contributed by atoms with Crippen molar-refractivity contribution >= 4 is 34.3 Å². The zero-order valence-corrected chi connectivity index (χ0v) is 15.0. The lowest BCUT2D eigenvalue weighted by atomic mass is 10.0. The molecule has 0 unspecified atom stereocenters. The molecule has 0 spiro atoms. The molecule has 4 rings (SSSR count). The molecular weight excluding hydrogens is 360 g/mol. The lowest BCUT2D eigenvalue weighted by Gasteiger charge is -2.15. The average Bonchev–Trinajstić information content (AvgIpc) is 3.10. The van der Waals surface area contributed by atoms with Gasteiger partial charge in [0.1, 0.15) is 11.1 Å². The van der Waals surface area contributed by atoms with Crippen molar-refractivity contribution in [3.63, 3.8) is 0 Å². The summed E-state index contributed by atoms with van der Waals surface area (Å²) in [6.07, 6.45) is 1.72. The molecule has 0 radical (unpaired) electrons. The maximum Gasteiger partial charge on any atom is 0.253 e. The van der Waals surface area contributed by atoms with E-state index in [1.807, 2.05) is 54.6 Å². The van der Waals surface area contributed by atoms with Crippen LogP contribution in [-0.2, 0) is 0 Å².